The maximum atomic E-state index is 13.1. The van der Waals surface area contributed by atoms with E-state index in [0.717, 1.165) is 11.3 Å². The summed E-state index contributed by atoms with van der Waals surface area (Å²) in [4.78, 5) is 27.2. The van der Waals surface area contributed by atoms with Crippen LogP contribution in [-0.4, -0.2) is 35.9 Å². The van der Waals surface area contributed by atoms with Crippen LogP contribution < -0.4 is 10.1 Å². The van der Waals surface area contributed by atoms with Gasteiger partial charge in [-0.2, -0.15) is 0 Å². The fourth-order valence-electron chi connectivity index (χ4n) is 3.12. The number of benzene rings is 2. The second-order valence-corrected chi connectivity index (χ2v) is 7.67. The van der Waals surface area contributed by atoms with Crippen molar-refractivity contribution in [3.8, 4) is 5.75 Å². The molecule has 0 fully saturated rings. The SMILES string of the molecule is CCNC(=O)C(CC)N(Cc1ccc(Cl)c(Cl)c1)C(=O)CCCOc1ccccc1. The molecule has 0 aliphatic carbocycles. The average Bonchev–Trinajstić information content (AvgIpc) is 2.74. The van der Waals surface area contributed by atoms with Crippen molar-refractivity contribution in [3.63, 3.8) is 0 Å². The van der Waals surface area contributed by atoms with Gasteiger partial charge in [-0.25, -0.2) is 0 Å². The minimum Gasteiger partial charge on any atom is -0.494 e. The van der Waals surface area contributed by atoms with Crippen molar-refractivity contribution in [2.45, 2.75) is 45.7 Å². The Morgan fingerprint density at radius 2 is 1.80 bits per heavy atom. The van der Waals surface area contributed by atoms with E-state index in [9.17, 15) is 9.59 Å². The van der Waals surface area contributed by atoms with Crippen LogP contribution in [0.3, 0.4) is 0 Å². The Morgan fingerprint density at radius 1 is 1.07 bits per heavy atom. The molecule has 0 saturated carbocycles. The number of nitrogens with zero attached hydrogens (tertiary/aromatic N) is 1. The Morgan fingerprint density at radius 3 is 2.43 bits per heavy atom. The van der Waals surface area contributed by atoms with E-state index in [0.29, 0.717) is 36.0 Å². The first-order chi connectivity index (χ1) is 14.5. The van der Waals surface area contributed by atoms with Crippen molar-refractivity contribution in [2.24, 2.45) is 0 Å². The molecular weight excluding hydrogens is 423 g/mol. The van der Waals surface area contributed by atoms with Gasteiger partial charge in [-0.05, 0) is 49.6 Å². The van der Waals surface area contributed by atoms with E-state index in [1.807, 2.05) is 50.2 Å². The zero-order valence-corrected chi connectivity index (χ0v) is 18.9. The van der Waals surface area contributed by atoms with Gasteiger partial charge in [-0.1, -0.05) is 54.4 Å². The lowest BCUT2D eigenvalue weighted by Crippen LogP contribution is -2.49. The summed E-state index contributed by atoms with van der Waals surface area (Å²) < 4.78 is 5.67. The first-order valence-corrected chi connectivity index (χ1v) is 10.9. The highest BCUT2D eigenvalue weighted by Crippen LogP contribution is 2.24. The number of amides is 2. The summed E-state index contributed by atoms with van der Waals surface area (Å²) in [7, 11) is 0. The fraction of sp³-hybridized carbons (Fsp3) is 0.391. The summed E-state index contributed by atoms with van der Waals surface area (Å²) in [6.07, 6.45) is 1.35. The maximum absolute atomic E-state index is 13.1. The molecule has 0 spiro atoms. The Labute approximate surface area is 188 Å². The van der Waals surface area contributed by atoms with E-state index < -0.39 is 6.04 Å². The molecular formula is C23H28Cl2N2O3. The molecule has 0 heterocycles. The van der Waals surface area contributed by atoms with Gasteiger partial charge >= 0.3 is 0 Å². The summed E-state index contributed by atoms with van der Waals surface area (Å²) in [5, 5.41) is 3.69. The third-order valence-electron chi connectivity index (χ3n) is 4.62. The number of hydrogen-bond acceptors (Lipinski definition) is 3. The van der Waals surface area contributed by atoms with Gasteiger partial charge in [0.2, 0.25) is 11.8 Å². The zero-order valence-electron chi connectivity index (χ0n) is 17.4. The lowest BCUT2D eigenvalue weighted by molar-refractivity contribution is -0.141. The van der Waals surface area contributed by atoms with Gasteiger partial charge in [0.05, 0.1) is 16.7 Å². The van der Waals surface area contributed by atoms with Gasteiger partial charge in [0.25, 0.3) is 0 Å². The minimum atomic E-state index is -0.554. The molecule has 2 rings (SSSR count). The molecule has 1 unspecified atom stereocenters. The first-order valence-electron chi connectivity index (χ1n) is 10.1. The summed E-state index contributed by atoms with van der Waals surface area (Å²) in [5.74, 6) is 0.510. The number of nitrogens with one attached hydrogen (secondary N) is 1. The number of rotatable bonds is 11. The standard InChI is InChI=1S/C23H28Cl2N2O3/c1-3-21(23(29)26-4-2)27(16-17-12-13-19(24)20(25)15-17)22(28)11-8-14-30-18-9-6-5-7-10-18/h5-7,9-10,12-13,15,21H,3-4,8,11,14,16H2,1-2H3,(H,26,29). The van der Waals surface area contributed by atoms with E-state index >= 15 is 0 Å². The molecule has 1 atom stereocenters. The van der Waals surface area contributed by atoms with Crippen molar-refractivity contribution in [2.75, 3.05) is 13.2 Å². The summed E-state index contributed by atoms with van der Waals surface area (Å²) in [6.45, 7) is 4.97. The van der Waals surface area contributed by atoms with Crippen LogP contribution in [0.1, 0.15) is 38.7 Å². The van der Waals surface area contributed by atoms with Crippen LogP contribution >= 0.6 is 23.2 Å². The van der Waals surface area contributed by atoms with Crippen molar-refractivity contribution < 1.29 is 14.3 Å². The number of para-hydroxylation sites is 1. The van der Waals surface area contributed by atoms with Gasteiger partial charge in [-0.3, -0.25) is 9.59 Å². The fourth-order valence-corrected chi connectivity index (χ4v) is 3.44. The largest absolute Gasteiger partial charge is 0.494 e. The molecule has 2 aromatic carbocycles. The molecule has 0 aromatic heterocycles. The highest BCUT2D eigenvalue weighted by atomic mass is 35.5. The summed E-state index contributed by atoms with van der Waals surface area (Å²) in [6, 6.07) is 14.2. The number of carbonyl (C=O) groups is 2. The van der Waals surface area contributed by atoms with Crippen molar-refractivity contribution >= 4 is 35.0 Å². The summed E-state index contributed by atoms with van der Waals surface area (Å²) >= 11 is 12.1. The Bertz CT molecular complexity index is 830. The van der Waals surface area contributed by atoms with Crippen LogP contribution in [-0.2, 0) is 16.1 Å². The molecule has 0 aliphatic heterocycles. The van der Waals surface area contributed by atoms with Crippen LogP contribution in [0.2, 0.25) is 10.0 Å². The Balaban J connectivity index is 2.07. The van der Waals surface area contributed by atoms with Crippen molar-refractivity contribution in [1.82, 2.24) is 10.2 Å². The van der Waals surface area contributed by atoms with E-state index in [2.05, 4.69) is 5.32 Å². The molecule has 162 valence electrons. The predicted molar refractivity (Wildman–Crippen MR) is 121 cm³/mol. The lowest BCUT2D eigenvalue weighted by atomic mass is 10.1. The molecule has 0 saturated heterocycles. The summed E-state index contributed by atoms with van der Waals surface area (Å²) in [5.41, 5.74) is 0.820. The molecule has 0 radical (unpaired) electrons. The Hall–Kier alpha value is -2.24. The second kappa shape index (κ2) is 12.5. The third kappa shape index (κ3) is 7.22. The topological polar surface area (TPSA) is 58.6 Å². The van der Waals surface area contributed by atoms with Gasteiger partial charge in [-0.15, -0.1) is 0 Å². The molecule has 5 nitrogen and oxygen atoms in total. The van der Waals surface area contributed by atoms with E-state index in [1.54, 1.807) is 17.0 Å². The average molecular weight is 451 g/mol. The maximum Gasteiger partial charge on any atom is 0.242 e. The number of ether oxygens (including phenoxy) is 1. The molecule has 2 aromatic rings. The molecule has 7 heteroatoms. The quantitative estimate of drug-likeness (QED) is 0.484. The van der Waals surface area contributed by atoms with Crippen LogP contribution in [0.15, 0.2) is 48.5 Å². The van der Waals surface area contributed by atoms with Gasteiger partial charge in [0.15, 0.2) is 0 Å². The van der Waals surface area contributed by atoms with Crippen LogP contribution in [0.25, 0.3) is 0 Å². The smallest absolute Gasteiger partial charge is 0.242 e. The highest BCUT2D eigenvalue weighted by molar-refractivity contribution is 6.42. The first kappa shape index (κ1) is 24.0. The number of halogens is 2. The number of hydrogen-bond donors (Lipinski definition) is 1. The molecule has 2 amide bonds. The van der Waals surface area contributed by atoms with E-state index in [4.69, 9.17) is 27.9 Å². The highest BCUT2D eigenvalue weighted by Gasteiger charge is 2.28. The molecule has 0 bridgehead atoms. The lowest BCUT2D eigenvalue weighted by Gasteiger charge is -2.30. The third-order valence-corrected chi connectivity index (χ3v) is 5.36. The van der Waals surface area contributed by atoms with Gasteiger partial charge in [0.1, 0.15) is 11.8 Å². The number of carbonyl (C=O) groups excluding carboxylic acids is 2. The second-order valence-electron chi connectivity index (χ2n) is 6.85. The van der Waals surface area contributed by atoms with Crippen LogP contribution in [0, 0.1) is 0 Å². The van der Waals surface area contributed by atoms with Crippen LogP contribution in [0.5, 0.6) is 5.75 Å². The molecule has 0 aliphatic rings. The van der Waals surface area contributed by atoms with Gasteiger partial charge < -0.3 is 15.0 Å². The van der Waals surface area contributed by atoms with E-state index in [-0.39, 0.29) is 24.8 Å². The van der Waals surface area contributed by atoms with Crippen molar-refractivity contribution in [3.05, 3.63) is 64.1 Å². The minimum absolute atomic E-state index is 0.101. The van der Waals surface area contributed by atoms with Gasteiger partial charge in [0, 0.05) is 19.5 Å². The monoisotopic (exact) mass is 450 g/mol. The Kier molecular flexibility index (Phi) is 9.98. The molecule has 30 heavy (non-hydrogen) atoms. The predicted octanol–water partition coefficient (Wildman–Crippen LogP) is 5.10. The van der Waals surface area contributed by atoms with E-state index in [1.165, 1.54) is 0 Å². The zero-order chi connectivity index (χ0) is 21.9. The van der Waals surface area contributed by atoms with Crippen molar-refractivity contribution in [1.29, 1.82) is 0 Å². The van der Waals surface area contributed by atoms with Crippen LogP contribution in [0.4, 0.5) is 0 Å². The molecule has 1 N–H and O–H groups in total. The normalized spacial score (nSPS) is 11.6. The number of likely N-dealkylation sites (N-methyl/N-ethyl adjacent to an activating group) is 1.